The van der Waals surface area contributed by atoms with Crippen LogP contribution in [0.3, 0.4) is 0 Å². The second-order valence-corrected chi connectivity index (χ2v) is 6.49. The number of thioether (sulfide) groups is 1. The summed E-state index contributed by atoms with van der Waals surface area (Å²) < 4.78 is 4.79. The smallest absolute Gasteiger partial charge is 0.337 e. The van der Waals surface area contributed by atoms with E-state index in [-0.39, 0.29) is 5.97 Å². The first kappa shape index (κ1) is 14.2. The molecule has 0 spiro atoms. The van der Waals surface area contributed by atoms with Gasteiger partial charge >= 0.3 is 5.97 Å². The molecule has 2 aromatic rings. The predicted octanol–water partition coefficient (Wildman–Crippen LogP) is 4.64. The van der Waals surface area contributed by atoms with Crippen molar-refractivity contribution < 1.29 is 9.53 Å². The number of fused-ring (bicyclic) bond motifs is 1. The summed E-state index contributed by atoms with van der Waals surface area (Å²) in [4.78, 5) is 12.7. The van der Waals surface area contributed by atoms with Crippen LogP contribution in [0, 0.1) is 0 Å². The lowest BCUT2D eigenvalue weighted by Gasteiger charge is -2.25. The van der Waals surface area contributed by atoms with E-state index in [0.29, 0.717) is 10.8 Å². The molecule has 108 valence electrons. The molecule has 1 aliphatic carbocycles. The van der Waals surface area contributed by atoms with Gasteiger partial charge in [0, 0.05) is 10.1 Å². The standard InChI is InChI=1S/C18H18O2S/c1-20-18(19)14-8-4-9-15(12-14)21-17-11-5-7-13-6-2-3-10-16(13)17/h2-4,6,8-10,12,17H,5,7,11H2,1H3. The highest BCUT2D eigenvalue weighted by atomic mass is 32.2. The number of carbonyl (C=O) groups excluding carboxylic acids is 1. The van der Waals surface area contributed by atoms with Crippen LogP contribution in [0.15, 0.2) is 53.4 Å². The Bertz CT molecular complexity index is 651. The van der Waals surface area contributed by atoms with E-state index in [2.05, 4.69) is 30.3 Å². The van der Waals surface area contributed by atoms with E-state index in [1.807, 2.05) is 23.9 Å². The van der Waals surface area contributed by atoms with Crippen molar-refractivity contribution in [2.45, 2.75) is 29.4 Å². The van der Waals surface area contributed by atoms with Crippen molar-refractivity contribution >= 4 is 17.7 Å². The third kappa shape index (κ3) is 3.13. The molecule has 2 nitrogen and oxygen atoms in total. The molecule has 3 rings (SSSR count). The van der Waals surface area contributed by atoms with E-state index in [9.17, 15) is 4.79 Å². The van der Waals surface area contributed by atoms with Gasteiger partial charge in [-0.25, -0.2) is 4.79 Å². The van der Waals surface area contributed by atoms with E-state index in [1.165, 1.54) is 37.5 Å². The Labute approximate surface area is 129 Å². The van der Waals surface area contributed by atoms with Crippen molar-refractivity contribution in [3.8, 4) is 0 Å². The van der Waals surface area contributed by atoms with Gasteiger partial charge in [0.2, 0.25) is 0 Å². The molecular formula is C18H18O2S. The second kappa shape index (κ2) is 6.35. The molecule has 1 unspecified atom stereocenters. The Morgan fingerprint density at radius 1 is 1.19 bits per heavy atom. The molecule has 0 fully saturated rings. The van der Waals surface area contributed by atoms with Gasteiger partial charge in [0.25, 0.3) is 0 Å². The van der Waals surface area contributed by atoms with Gasteiger partial charge in [-0.3, -0.25) is 0 Å². The summed E-state index contributed by atoms with van der Waals surface area (Å²) in [6.45, 7) is 0. The van der Waals surface area contributed by atoms with Crippen LogP contribution in [0.2, 0.25) is 0 Å². The summed E-state index contributed by atoms with van der Waals surface area (Å²) in [5.41, 5.74) is 3.52. The van der Waals surface area contributed by atoms with E-state index in [4.69, 9.17) is 4.74 Å². The van der Waals surface area contributed by atoms with E-state index in [1.54, 1.807) is 6.07 Å². The number of methoxy groups -OCH3 is 1. The highest BCUT2D eigenvalue weighted by molar-refractivity contribution is 7.99. The predicted molar refractivity (Wildman–Crippen MR) is 85.8 cm³/mol. The summed E-state index contributed by atoms with van der Waals surface area (Å²) in [7, 11) is 1.42. The monoisotopic (exact) mass is 298 g/mol. The normalized spacial score (nSPS) is 17.1. The van der Waals surface area contributed by atoms with Gasteiger partial charge in [-0.2, -0.15) is 0 Å². The second-order valence-electron chi connectivity index (χ2n) is 5.22. The van der Waals surface area contributed by atoms with E-state index in [0.717, 1.165) is 4.90 Å². The third-order valence-electron chi connectivity index (χ3n) is 3.85. The van der Waals surface area contributed by atoms with Crippen LogP contribution < -0.4 is 0 Å². The van der Waals surface area contributed by atoms with Gasteiger partial charge in [0.1, 0.15) is 0 Å². The minimum absolute atomic E-state index is 0.276. The zero-order valence-corrected chi connectivity index (χ0v) is 12.9. The number of hydrogen-bond donors (Lipinski definition) is 0. The number of rotatable bonds is 3. The molecule has 0 N–H and O–H groups in total. The van der Waals surface area contributed by atoms with Crippen LogP contribution >= 0.6 is 11.8 Å². The molecule has 21 heavy (non-hydrogen) atoms. The van der Waals surface area contributed by atoms with Crippen LogP contribution in [0.4, 0.5) is 0 Å². The van der Waals surface area contributed by atoms with Gasteiger partial charge < -0.3 is 4.74 Å². The van der Waals surface area contributed by atoms with Crippen LogP contribution in [-0.4, -0.2) is 13.1 Å². The fourth-order valence-electron chi connectivity index (χ4n) is 2.81. The largest absolute Gasteiger partial charge is 0.465 e. The van der Waals surface area contributed by atoms with Gasteiger partial charge in [-0.1, -0.05) is 30.3 Å². The van der Waals surface area contributed by atoms with Crippen molar-refractivity contribution in [1.82, 2.24) is 0 Å². The van der Waals surface area contributed by atoms with Crippen LogP contribution in [-0.2, 0) is 11.2 Å². The van der Waals surface area contributed by atoms with Crippen LogP contribution in [0.25, 0.3) is 0 Å². The number of aryl methyl sites for hydroxylation is 1. The maximum absolute atomic E-state index is 11.6. The summed E-state index contributed by atoms with van der Waals surface area (Å²) in [5, 5.41) is 0.475. The van der Waals surface area contributed by atoms with E-state index >= 15 is 0 Å². The number of carbonyl (C=O) groups is 1. The first-order chi connectivity index (χ1) is 10.3. The van der Waals surface area contributed by atoms with Crippen molar-refractivity contribution in [2.75, 3.05) is 7.11 Å². The van der Waals surface area contributed by atoms with Crippen molar-refractivity contribution in [3.63, 3.8) is 0 Å². The molecule has 0 bridgehead atoms. The van der Waals surface area contributed by atoms with Gasteiger partial charge in [-0.15, -0.1) is 11.8 Å². The van der Waals surface area contributed by atoms with Crippen LogP contribution in [0.5, 0.6) is 0 Å². The molecule has 1 atom stereocenters. The first-order valence-corrected chi connectivity index (χ1v) is 8.09. The summed E-state index contributed by atoms with van der Waals surface area (Å²) in [6, 6.07) is 16.4. The molecule has 2 aromatic carbocycles. The summed E-state index contributed by atoms with van der Waals surface area (Å²) in [5.74, 6) is -0.276. The summed E-state index contributed by atoms with van der Waals surface area (Å²) in [6.07, 6.45) is 3.59. The Morgan fingerprint density at radius 2 is 2.05 bits per heavy atom. The molecule has 0 saturated heterocycles. The molecular weight excluding hydrogens is 280 g/mol. The molecule has 0 radical (unpaired) electrons. The maximum atomic E-state index is 11.6. The number of hydrogen-bond acceptors (Lipinski definition) is 3. The van der Waals surface area contributed by atoms with Gasteiger partial charge in [0.05, 0.1) is 12.7 Å². The average molecular weight is 298 g/mol. The lowest BCUT2D eigenvalue weighted by molar-refractivity contribution is 0.0600. The van der Waals surface area contributed by atoms with Crippen molar-refractivity contribution in [3.05, 3.63) is 65.2 Å². The van der Waals surface area contributed by atoms with Crippen molar-refractivity contribution in [1.29, 1.82) is 0 Å². The molecule has 3 heteroatoms. The first-order valence-electron chi connectivity index (χ1n) is 7.21. The Balaban J connectivity index is 1.83. The lowest BCUT2D eigenvalue weighted by Crippen LogP contribution is -2.07. The van der Waals surface area contributed by atoms with Gasteiger partial charge in [0.15, 0.2) is 0 Å². The van der Waals surface area contributed by atoms with Crippen LogP contribution in [0.1, 0.15) is 39.6 Å². The Morgan fingerprint density at radius 3 is 2.90 bits per heavy atom. The highest BCUT2D eigenvalue weighted by Gasteiger charge is 2.21. The number of ether oxygens (including phenoxy) is 1. The SMILES string of the molecule is COC(=O)c1cccc(SC2CCCc3ccccc32)c1. The van der Waals surface area contributed by atoms with Gasteiger partial charge in [-0.05, 0) is 48.6 Å². The summed E-state index contributed by atoms with van der Waals surface area (Å²) >= 11 is 1.84. The molecule has 1 aliphatic rings. The number of esters is 1. The Kier molecular flexibility index (Phi) is 4.30. The minimum Gasteiger partial charge on any atom is -0.465 e. The molecule has 0 heterocycles. The fourth-order valence-corrected chi connectivity index (χ4v) is 4.13. The zero-order valence-electron chi connectivity index (χ0n) is 12.0. The Hall–Kier alpha value is -1.74. The molecule has 0 aromatic heterocycles. The lowest BCUT2D eigenvalue weighted by atomic mass is 9.91. The number of benzene rings is 2. The quantitative estimate of drug-likeness (QED) is 0.772. The highest BCUT2D eigenvalue weighted by Crippen LogP contribution is 2.43. The molecule has 0 amide bonds. The molecule has 0 saturated carbocycles. The van der Waals surface area contributed by atoms with Crippen molar-refractivity contribution in [2.24, 2.45) is 0 Å². The average Bonchev–Trinajstić information content (AvgIpc) is 2.55. The minimum atomic E-state index is -0.276. The third-order valence-corrected chi connectivity index (χ3v) is 5.15. The van der Waals surface area contributed by atoms with E-state index < -0.39 is 0 Å². The fraction of sp³-hybridized carbons (Fsp3) is 0.278. The maximum Gasteiger partial charge on any atom is 0.337 e. The zero-order chi connectivity index (χ0) is 14.7. The topological polar surface area (TPSA) is 26.3 Å². The molecule has 0 aliphatic heterocycles.